The maximum Gasteiger partial charge on any atom is 0.143 e. The van der Waals surface area contributed by atoms with E-state index in [4.69, 9.17) is 4.42 Å². The molecule has 0 saturated heterocycles. The lowest BCUT2D eigenvalue weighted by Gasteiger charge is -2.30. The average molecular weight is 949 g/mol. The van der Waals surface area contributed by atoms with Gasteiger partial charge in [-0.2, -0.15) is 0 Å². The van der Waals surface area contributed by atoms with Crippen LogP contribution < -0.4 is 9.80 Å². The van der Waals surface area contributed by atoms with Crippen molar-refractivity contribution in [2.75, 3.05) is 9.80 Å². The topological polar surface area (TPSA) is 19.6 Å². The van der Waals surface area contributed by atoms with Crippen LogP contribution in [-0.4, -0.2) is 0 Å². The van der Waals surface area contributed by atoms with Crippen molar-refractivity contribution < 1.29 is 4.42 Å². The van der Waals surface area contributed by atoms with Gasteiger partial charge in [-0.3, -0.25) is 0 Å². The zero-order valence-electron chi connectivity index (χ0n) is 41.9. The summed E-state index contributed by atoms with van der Waals surface area (Å²) in [7, 11) is 0. The number of nitrogens with zero attached hydrogens (tertiary/aromatic N) is 2. The first kappa shape index (κ1) is 43.6. The highest BCUT2D eigenvalue weighted by Gasteiger charge is 2.37. The Morgan fingerprint density at radius 3 is 1.31 bits per heavy atom. The molecule has 0 N–H and O–H groups in total. The summed E-state index contributed by atoms with van der Waals surface area (Å²) < 4.78 is 6.47. The second kappa shape index (κ2) is 17.0. The van der Waals surface area contributed by atoms with E-state index < -0.39 is 0 Å². The quantitative estimate of drug-likeness (QED) is 0.142. The molecule has 3 heteroatoms. The van der Waals surface area contributed by atoms with Gasteiger partial charge in [-0.05, 0) is 175 Å². The fourth-order valence-electron chi connectivity index (χ4n) is 12.3. The van der Waals surface area contributed by atoms with Crippen molar-refractivity contribution in [1.29, 1.82) is 0 Å². The Hall–Kier alpha value is -9.18. The van der Waals surface area contributed by atoms with Gasteiger partial charge in [0.05, 0.1) is 0 Å². The number of benzene rings is 12. The Morgan fingerprint density at radius 1 is 0.297 bits per heavy atom. The summed E-state index contributed by atoms with van der Waals surface area (Å²) >= 11 is 0. The Bertz CT molecular complexity index is 4300. The predicted octanol–water partition coefficient (Wildman–Crippen LogP) is 20.2. The molecular formula is C71H52N2O. The summed E-state index contributed by atoms with van der Waals surface area (Å²) in [6, 6.07) is 89.0. The molecule has 3 nitrogen and oxygen atoms in total. The molecule has 13 aromatic rings. The third-order valence-corrected chi connectivity index (χ3v) is 15.9. The minimum absolute atomic E-state index is 0.278. The lowest BCUT2D eigenvalue weighted by atomic mass is 9.82. The van der Waals surface area contributed by atoms with Crippen LogP contribution in [0.3, 0.4) is 0 Å². The molecule has 74 heavy (non-hydrogen) atoms. The van der Waals surface area contributed by atoms with Crippen LogP contribution in [0.5, 0.6) is 0 Å². The van der Waals surface area contributed by atoms with Gasteiger partial charge in [0.25, 0.3) is 0 Å². The maximum absolute atomic E-state index is 6.47. The SMILES string of the molecule is Cc1cc(-c2cccc3c2oc2ccccc23)ccc1-c1ccc(N(c2ccc3c(c2)C(C)(C)c2cc(N(c4ccccc4)c4ccccc4)ccc2-3)c2ccc3c4ccccc4c4ccccc4c3c2)cc1C. The minimum atomic E-state index is -0.278. The van der Waals surface area contributed by atoms with Crippen LogP contribution in [0.1, 0.15) is 36.1 Å². The van der Waals surface area contributed by atoms with Crippen molar-refractivity contribution in [3.05, 3.63) is 265 Å². The van der Waals surface area contributed by atoms with Crippen LogP contribution in [-0.2, 0) is 5.41 Å². The largest absolute Gasteiger partial charge is 0.455 e. The zero-order valence-corrected chi connectivity index (χ0v) is 41.9. The first-order chi connectivity index (χ1) is 36.3. The number of fused-ring (bicyclic) bond motifs is 12. The summed E-state index contributed by atoms with van der Waals surface area (Å²) in [5.74, 6) is 0. The number of aryl methyl sites for hydroxylation is 2. The van der Waals surface area contributed by atoms with Gasteiger partial charge in [-0.25, -0.2) is 0 Å². The molecule has 0 amide bonds. The molecule has 0 fully saturated rings. The Balaban J connectivity index is 0.895. The number of hydrogen-bond acceptors (Lipinski definition) is 3. The lowest BCUT2D eigenvalue weighted by molar-refractivity contribution is 0.660. The van der Waals surface area contributed by atoms with E-state index in [1.807, 2.05) is 6.07 Å². The molecule has 1 heterocycles. The molecule has 0 atom stereocenters. The average Bonchev–Trinajstić information content (AvgIpc) is 3.97. The predicted molar refractivity (Wildman–Crippen MR) is 314 cm³/mol. The third kappa shape index (κ3) is 6.88. The van der Waals surface area contributed by atoms with Gasteiger partial charge < -0.3 is 14.2 Å². The lowest BCUT2D eigenvalue weighted by Crippen LogP contribution is -2.17. The van der Waals surface area contributed by atoms with Crippen molar-refractivity contribution in [1.82, 2.24) is 0 Å². The van der Waals surface area contributed by atoms with E-state index in [1.54, 1.807) is 0 Å². The highest BCUT2D eigenvalue weighted by atomic mass is 16.3. The monoisotopic (exact) mass is 948 g/mol. The van der Waals surface area contributed by atoms with Gasteiger partial charge >= 0.3 is 0 Å². The second-order valence-corrected chi connectivity index (χ2v) is 20.6. The van der Waals surface area contributed by atoms with E-state index in [-0.39, 0.29) is 5.41 Å². The number of furan rings is 1. The zero-order chi connectivity index (χ0) is 49.7. The molecule has 0 radical (unpaired) electrons. The van der Waals surface area contributed by atoms with Gasteiger partial charge in [-0.1, -0.05) is 178 Å². The Kier molecular flexibility index (Phi) is 10.00. The first-order valence-electron chi connectivity index (χ1n) is 25.7. The normalized spacial score (nSPS) is 12.7. The molecule has 0 bridgehead atoms. The highest BCUT2D eigenvalue weighted by Crippen LogP contribution is 2.53. The summed E-state index contributed by atoms with van der Waals surface area (Å²) in [6.45, 7) is 9.27. The van der Waals surface area contributed by atoms with Crippen LogP contribution in [0.2, 0.25) is 0 Å². The van der Waals surface area contributed by atoms with E-state index in [0.717, 1.165) is 67.2 Å². The first-order valence-corrected chi connectivity index (χ1v) is 25.7. The minimum Gasteiger partial charge on any atom is -0.455 e. The van der Waals surface area contributed by atoms with E-state index in [0.29, 0.717) is 0 Å². The van der Waals surface area contributed by atoms with E-state index >= 15 is 0 Å². The molecule has 12 aromatic carbocycles. The Labute approximate surface area is 431 Å². The van der Waals surface area contributed by atoms with Crippen molar-refractivity contribution in [2.24, 2.45) is 0 Å². The molecule has 1 aliphatic carbocycles. The van der Waals surface area contributed by atoms with Crippen LogP contribution in [0.4, 0.5) is 34.1 Å². The van der Waals surface area contributed by atoms with Gasteiger partial charge in [0.1, 0.15) is 11.2 Å². The molecule has 0 aliphatic heterocycles. The van der Waals surface area contributed by atoms with E-state index in [9.17, 15) is 0 Å². The standard InChI is InChI=1S/C71H52N2O/c1-45-40-47(56-27-17-28-65-64-26-15-16-29-69(64)74-70(56)65)30-35-54(45)55-36-31-50(41-46(55)2)73(51-32-37-61-59-24-12-11-22-57(59)58-23-13-14-25-60(58)66(61)42-51)53-34-39-63-62-38-33-52(43-67(62)71(3,4)68(63)44-53)72(48-18-7-5-8-19-48)49-20-9-6-10-21-49/h5-44H,1-4H3. The molecule has 1 aromatic heterocycles. The fourth-order valence-corrected chi connectivity index (χ4v) is 12.3. The molecule has 0 spiro atoms. The van der Waals surface area contributed by atoms with E-state index in [2.05, 4.69) is 274 Å². The number of hydrogen-bond donors (Lipinski definition) is 0. The maximum atomic E-state index is 6.47. The second-order valence-electron chi connectivity index (χ2n) is 20.6. The summed E-state index contributed by atoms with van der Waals surface area (Å²) in [4.78, 5) is 4.84. The highest BCUT2D eigenvalue weighted by molar-refractivity contribution is 6.26. The molecule has 1 aliphatic rings. The fraction of sp³-hybridized carbons (Fsp3) is 0.0704. The smallest absolute Gasteiger partial charge is 0.143 e. The Morgan fingerprint density at radius 2 is 0.730 bits per heavy atom. The van der Waals surface area contributed by atoms with Gasteiger partial charge in [-0.15, -0.1) is 0 Å². The third-order valence-electron chi connectivity index (χ3n) is 15.9. The van der Waals surface area contributed by atoms with Gasteiger partial charge in [0, 0.05) is 55.9 Å². The van der Waals surface area contributed by atoms with Gasteiger partial charge in [0.15, 0.2) is 0 Å². The van der Waals surface area contributed by atoms with Crippen LogP contribution >= 0.6 is 0 Å². The molecule has 14 rings (SSSR count). The molecule has 0 unspecified atom stereocenters. The molecular weight excluding hydrogens is 897 g/mol. The van der Waals surface area contributed by atoms with Gasteiger partial charge in [0.2, 0.25) is 0 Å². The van der Waals surface area contributed by atoms with Crippen molar-refractivity contribution >= 4 is 88.4 Å². The van der Waals surface area contributed by atoms with Crippen molar-refractivity contribution in [3.63, 3.8) is 0 Å². The summed E-state index contributed by atoms with van der Waals surface area (Å²) in [5.41, 5.74) is 20.6. The number of rotatable bonds is 8. The van der Waals surface area contributed by atoms with Crippen LogP contribution in [0, 0.1) is 13.8 Å². The number of anilines is 6. The summed E-state index contributed by atoms with van der Waals surface area (Å²) in [6.07, 6.45) is 0. The van der Waals surface area contributed by atoms with Crippen molar-refractivity contribution in [2.45, 2.75) is 33.1 Å². The molecule has 0 saturated carbocycles. The van der Waals surface area contributed by atoms with E-state index in [1.165, 1.54) is 76.8 Å². The van der Waals surface area contributed by atoms with Crippen LogP contribution in [0.25, 0.3) is 87.6 Å². The number of para-hydroxylation sites is 4. The molecule has 352 valence electrons. The van der Waals surface area contributed by atoms with Crippen LogP contribution in [0.15, 0.2) is 247 Å². The van der Waals surface area contributed by atoms with Crippen molar-refractivity contribution in [3.8, 4) is 33.4 Å². The summed E-state index contributed by atoms with van der Waals surface area (Å²) in [5, 5.41) is 9.86.